The van der Waals surface area contributed by atoms with Crippen LogP contribution in [-0.4, -0.2) is 22.3 Å². The fourth-order valence-corrected chi connectivity index (χ4v) is 3.53. The maximum absolute atomic E-state index is 14.2. The third-order valence-electron chi connectivity index (χ3n) is 4.81. The maximum atomic E-state index is 14.2. The van der Waals surface area contributed by atoms with Gasteiger partial charge in [0.1, 0.15) is 0 Å². The van der Waals surface area contributed by atoms with E-state index in [4.69, 9.17) is 0 Å². The number of hydrogen-bond acceptors (Lipinski definition) is 2. The maximum Gasteiger partial charge on any atom is 0.257 e. The van der Waals surface area contributed by atoms with E-state index in [1.807, 2.05) is 30.3 Å². The number of fused-ring (bicyclic) bond motifs is 1. The van der Waals surface area contributed by atoms with E-state index in [-0.39, 0.29) is 0 Å². The van der Waals surface area contributed by atoms with E-state index < -0.39 is 35.0 Å². The summed E-state index contributed by atoms with van der Waals surface area (Å²) in [6, 6.07) is 12.5. The molecule has 1 unspecified atom stereocenters. The third kappa shape index (κ3) is 2.97. The molecule has 2 aromatic carbocycles. The van der Waals surface area contributed by atoms with Crippen molar-refractivity contribution in [1.29, 1.82) is 0 Å². The number of pyridine rings is 1. The van der Waals surface area contributed by atoms with E-state index in [1.165, 1.54) is 4.90 Å². The molecular formula is C21H15F3N2O. The lowest BCUT2D eigenvalue weighted by atomic mass is 9.88. The van der Waals surface area contributed by atoms with Crippen molar-refractivity contribution < 1.29 is 18.0 Å². The van der Waals surface area contributed by atoms with Crippen molar-refractivity contribution in [2.75, 3.05) is 6.54 Å². The van der Waals surface area contributed by atoms with Gasteiger partial charge in [0.25, 0.3) is 5.91 Å². The first-order chi connectivity index (χ1) is 13.1. The van der Waals surface area contributed by atoms with Gasteiger partial charge in [0.2, 0.25) is 0 Å². The lowest BCUT2D eigenvalue weighted by Crippen LogP contribution is -2.41. The number of carbonyl (C=O) groups is 1. The number of halogens is 3. The molecule has 0 fully saturated rings. The van der Waals surface area contributed by atoms with Crippen LogP contribution in [0.1, 0.15) is 33.1 Å². The summed E-state index contributed by atoms with van der Waals surface area (Å²) in [5.74, 6) is -5.12. The van der Waals surface area contributed by atoms with Crippen molar-refractivity contribution in [1.82, 2.24) is 9.88 Å². The molecule has 1 aromatic heterocycles. The monoisotopic (exact) mass is 368 g/mol. The molecule has 0 saturated carbocycles. The molecule has 0 saturated heterocycles. The van der Waals surface area contributed by atoms with Crippen molar-refractivity contribution in [3.63, 3.8) is 0 Å². The molecule has 1 atom stereocenters. The van der Waals surface area contributed by atoms with E-state index >= 15 is 0 Å². The number of amides is 1. The van der Waals surface area contributed by atoms with E-state index in [2.05, 4.69) is 4.98 Å². The first-order valence-corrected chi connectivity index (χ1v) is 8.50. The minimum absolute atomic E-state index is 0.327. The van der Waals surface area contributed by atoms with Gasteiger partial charge in [0.15, 0.2) is 17.5 Å². The number of hydrogen-bond donors (Lipinski definition) is 0. The molecule has 0 bridgehead atoms. The van der Waals surface area contributed by atoms with Crippen LogP contribution in [-0.2, 0) is 6.42 Å². The van der Waals surface area contributed by atoms with E-state index in [1.54, 1.807) is 18.5 Å². The predicted molar refractivity (Wildman–Crippen MR) is 93.6 cm³/mol. The number of benzene rings is 2. The largest absolute Gasteiger partial charge is 0.327 e. The van der Waals surface area contributed by atoms with Gasteiger partial charge < -0.3 is 4.90 Å². The van der Waals surface area contributed by atoms with Crippen LogP contribution in [0.3, 0.4) is 0 Å². The minimum Gasteiger partial charge on any atom is -0.327 e. The molecule has 136 valence electrons. The van der Waals surface area contributed by atoms with E-state index in [0.29, 0.717) is 13.0 Å². The summed E-state index contributed by atoms with van der Waals surface area (Å²) in [4.78, 5) is 18.7. The van der Waals surface area contributed by atoms with Gasteiger partial charge in [0.05, 0.1) is 11.6 Å². The molecule has 0 spiro atoms. The Balaban J connectivity index is 1.82. The van der Waals surface area contributed by atoms with Gasteiger partial charge in [-0.05, 0) is 41.3 Å². The lowest BCUT2D eigenvalue weighted by Gasteiger charge is -2.37. The van der Waals surface area contributed by atoms with E-state index in [9.17, 15) is 18.0 Å². The molecular weight excluding hydrogens is 353 g/mol. The number of carbonyl (C=O) groups excluding carboxylic acids is 1. The number of rotatable bonds is 2. The summed E-state index contributed by atoms with van der Waals surface area (Å²) in [5, 5.41) is 0. The fraction of sp³-hybridized carbons (Fsp3) is 0.143. The van der Waals surface area contributed by atoms with Gasteiger partial charge in [-0.2, -0.15) is 0 Å². The van der Waals surface area contributed by atoms with Crippen molar-refractivity contribution in [2.45, 2.75) is 12.5 Å². The fourth-order valence-electron chi connectivity index (χ4n) is 3.53. The van der Waals surface area contributed by atoms with Crippen LogP contribution in [0.5, 0.6) is 0 Å². The quantitative estimate of drug-likeness (QED) is 0.633. The van der Waals surface area contributed by atoms with Crippen LogP contribution in [0, 0.1) is 17.5 Å². The zero-order chi connectivity index (χ0) is 19.0. The highest BCUT2D eigenvalue weighted by atomic mass is 19.2. The molecule has 4 rings (SSSR count). The molecule has 0 radical (unpaired) electrons. The summed E-state index contributed by atoms with van der Waals surface area (Å²) in [6.07, 6.45) is 3.86. The highest BCUT2D eigenvalue weighted by molar-refractivity contribution is 5.95. The second-order valence-electron chi connectivity index (χ2n) is 6.36. The van der Waals surface area contributed by atoms with Gasteiger partial charge in [-0.1, -0.05) is 30.3 Å². The van der Waals surface area contributed by atoms with Crippen LogP contribution < -0.4 is 0 Å². The minimum atomic E-state index is -1.64. The van der Waals surface area contributed by atoms with Crippen molar-refractivity contribution in [3.8, 4) is 0 Å². The van der Waals surface area contributed by atoms with Crippen molar-refractivity contribution in [3.05, 3.63) is 101 Å². The Kier molecular flexibility index (Phi) is 4.39. The standard InChI is InChI=1S/C21H15F3N2O/c22-17-8-7-16(18(23)19(17)24)21(27)26-11-9-13-4-1-2-6-15(13)20(26)14-5-3-10-25-12-14/h1-8,10,12,20H,9,11H2. The highest BCUT2D eigenvalue weighted by Crippen LogP contribution is 2.36. The average molecular weight is 368 g/mol. The molecule has 27 heavy (non-hydrogen) atoms. The first kappa shape index (κ1) is 17.3. The average Bonchev–Trinajstić information content (AvgIpc) is 2.71. The van der Waals surface area contributed by atoms with Gasteiger partial charge in [-0.15, -0.1) is 0 Å². The zero-order valence-corrected chi connectivity index (χ0v) is 14.2. The van der Waals surface area contributed by atoms with Crippen molar-refractivity contribution >= 4 is 5.91 Å². The predicted octanol–water partition coefficient (Wildman–Crippen LogP) is 4.29. The first-order valence-electron chi connectivity index (χ1n) is 8.50. The summed E-state index contributed by atoms with van der Waals surface area (Å²) < 4.78 is 41.1. The topological polar surface area (TPSA) is 33.2 Å². The Bertz CT molecular complexity index is 1010. The van der Waals surface area contributed by atoms with Crippen LogP contribution in [0.4, 0.5) is 13.2 Å². The Morgan fingerprint density at radius 3 is 2.59 bits per heavy atom. The van der Waals surface area contributed by atoms with Gasteiger partial charge in [0, 0.05) is 18.9 Å². The Hall–Kier alpha value is -3.15. The van der Waals surface area contributed by atoms with Gasteiger partial charge in [-0.25, -0.2) is 13.2 Å². The second kappa shape index (κ2) is 6.87. The molecule has 3 aromatic rings. The molecule has 6 heteroatoms. The number of nitrogens with zero attached hydrogens (tertiary/aromatic N) is 2. The Morgan fingerprint density at radius 1 is 1.00 bits per heavy atom. The van der Waals surface area contributed by atoms with Crippen molar-refractivity contribution in [2.24, 2.45) is 0 Å². The third-order valence-corrected chi connectivity index (χ3v) is 4.81. The summed E-state index contributed by atoms with van der Waals surface area (Å²) in [7, 11) is 0. The molecule has 0 aliphatic carbocycles. The van der Waals surface area contributed by atoms with Crippen LogP contribution >= 0.6 is 0 Å². The number of aromatic nitrogens is 1. The molecule has 0 N–H and O–H groups in total. The second-order valence-corrected chi connectivity index (χ2v) is 6.36. The summed E-state index contributed by atoms with van der Waals surface area (Å²) in [5.41, 5.74) is 2.28. The Labute approximate surface area is 154 Å². The molecule has 1 aliphatic rings. The van der Waals surface area contributed by atoms with Crippen LogP contribution in [0.15, 0.2) is 60.9 Å². The van der Waals surface area contributed by atoms with E-state index in [0.717, 1.165) is 28.8 Å². The summed E-state index contributed by atoms with van der Waals surface area (Å²) >= 11 is 0. The summed E-state index contributed by atoms with van der Waals surface area (Å²) in [6.45, 7) is 0.327. The smallest absolute Gasteiger partial charge is 0.257 e. The Morgan fingerprint density at radius 2 is 1.81 bits per heavy atom. The highest BCUT2D eigenvalue weighted by Gasteiger charge is 2.34. The van der Waals surface area contributed by atoms with Crippen LogP contribution in [0.25, 0.3) is 0 Å². The molecule has 3 nitrogen and oxygen atoms in total. The molecule has 2 heterocycles. The SMILES string of the molecule is O=C(c1ccc(F)c(F)c1F)N1CCc2ccccc2C1c1cccnc1. The van der Waals surface area contributed by atoms with Gasteiger partial charge in [-0.3, -0.25) is 9.78 Å². The van der Waals surface area contributed by atoms with Gasteiger partial charge >= 0.3 is 0 Å². The normalized spacial score (nSPS) is 16.1. The zero-order valence-electron chi connectivity index (χ0n) is 14.2. The molecule has 1 aliphatic heterocycles. The van der Waals surface area contributed by atoms with Crippen LogP contribution in [0.2, 0.25) is 0 Å². The lowest BCUT2D eigenvalue weighted by molar-refractivity contribution is 0.0688. The molecule has 1 amide bonds.